The summed E-state index contributed by atoms with van der Waals surface area (Å²) in [5.41, 5.74) is 0.428. The van der Waals surface area contributed by atoms with E-state index in [1.54, 1.807) is 6.07 Å². The third-order valence-corrected chi connectivity index (χ3v) is 4.18. The minimum Gasteiger partial charge on any atom is -0.452 e. The molecule has 4 heteroatoms. The van der Waals surface area contributed by atoms with E-state index in [4.69, 9.17) is 16.0 Å². The maximum Gasteiger partial charge on any atom is 0.256 e. The van der Waals surface area contributed by atoms with Crippen molar-refractivity contribution >= 4 is 17.5 Å². The number of rotatable bonds is 2. The summed E-state index contributed by atoms with van der Waals surface area (Å²) < 4.78 is 4.93. The fourth-order valence-corrected chi connectivity index (χ4v) is 2.69. The number of hydrogen-bond acceptors (Lipinski definition) is 2. The average Bonchev–Trinajstić information content (AvgIpc) is 2.71. The monoisotopic (exact) mass is 255 g/mol. The molecule has 0 spiro atoms. The van der Waals surface area contributed by atoms with E-state index in [1.165, 1.54) is 19.1 Å². The van der Waals surface area contributed by atoms with E-state index < -0.39 is 0 Å². The Balaban J connectivity index is 2.01. The molecule has 1 aromatic heterocycles. The van der Waals surface area contributed by atoms with E-state index in [-0.39, 0.29) is 17.2 Å². The van der Waals surface area contributed by atoms with Crippen LogP contribution in [0.3, 0.4) is 0 Å². The molecular formula is C13H18ClNO2. The number of halogens is 1. The van der Waals surface area contributed by atoms with Crippen molar-refractivity contribution in [2.24, 2.45) is 11.8 Å². The molecule has 1 aliphatic rings. The largest absolute Gasteiger partial charge is 0.452 e. The summed E-state index contributed by atoms with van der Waals surface area (Å²) in [6.45, 7) is 4.44. The van der Waals surface area contributed by atoms with Gasteiger partial charge in [0.05, 0.1) is 11.8 Å². The van der Waals surface area contributed by atoms with Crippen molar-refractivity contribution in [3.63, 3.8) is 0 Å². The first-order valence-electron chi connectivity index (χ1n) is 6.13. The zero-order valence-electron chi connectivity index (χ0n) is 10.2. The first-order valence-corrected chi connectivity index (χ1v) is 6.51. The van der Waals surface area contributed by atoms with Crippen LogP contribution in [0.15, 0.2) is 16.7 Å². The van der Waals surface area contributed by atoms with Gasteiger partial charge in [0.15, 0.2) is 0 Å². The molecule has 0 radical (unpaired) electrons. The fourth-order valence-electron chi connectivity index (χ4n) is 2.49. The van der Waals surface area contributed by atoms with Crippen LogP contribution in [0.1, 0.15) is 43.5 Å². The molecule has 94 valence electrons. The van der Waals surface area contributed by atoms with Crippen LogP contribution in [0.25, 0.3) is 0 Å². The summed E-state index contributed by atoms with van der Waals surface area (Å²) in [6, 6.07) is 1.85. The maximum absolute atomic E-state index is 12.0. The molecule has 2 rings (SSSR count). The van der Waals surface area contributed by atoms with E-state index in [2.05, 4.69) is 19.2 Å². The first-order chi connectivity index (χ1) is 8.09. The predicted molar refractivity (Wildman–Crippen MR) is 67.2 cm³/mol. The van der Waals surface area contributed by atoms with Gasteiger partial charge < -0.3 is 9.73 Å². The van der Waals surface area contributed by atoms with Crippen molar-refractivity contribution in [3.05, 3.63) is 23.1 Å². The summed E-state index contributed by atoms with van der Waals surface area (Å²) in [7, 11) is 0. The molecule has 1 fully saturated rings. The molecule has 17 heavy (non-hydrogen) atoms. The lowest BCUT2D eigenvalue weighted by atomic mass is 9.78. The molecular weight excluding hydrogens is 238 g/mol. The Morgan fingerprint density at radius 2 is 2.24 bits per heavy atom. The lowest BCUT2D eigenvalue weighted by Crippen LogP contribution is -2.43. The van der Waals surface area contributed by atoms with Gasteiger partial charge in [-0.2, -0.15) is 0 Å². The molecule has 0 aromatic carbocycles. The third-order valence-electron chi connectivity index (χ3n) is 3.89. The minimum absolute atomic E-state index is 0.130. The van der Waals surface area contributed by atoms with Crippen LogP contribution in [0, 0.1) is 11.8 Å². The zero-order chi connectivity index (χ0) is 12.4. The number of nitrogens with one attached hydrogen (secondary N) is 1. The molecule has 1 N–H and O–H groups in total. The van der Waals surface area contributed by atoms with E-state index in [1.807, 2.05) is 0 Å². The smallest absolute Gasteiger partial charge is 0.256 e. The summed E-state index contributed by atoms with van der Waals surface area (Å²) in [5, 5.41) is 3.22. The average molecular weight is 256 g/mol. The van der Waals surface area contributed by atoms with Crippen molar-refractivity contribution < 1.29 is 9.21 Å². The summed E-state index contributed by atoms with van der Waals surface area (Å²) in [5.74, 6) is 1.04. The van der Waals surface area contributed by atoms with Gasteiger partial charge in [-0.15, -0.1) is 0 Å². The van der Waals surface area contributed by atoms with Crippen LogP contribution in [0.4, 0.5) is 0 Å². The van der Waals surface area contributed by atoms with Crippen LogP contribution in [0.5, 0.6) is 0 Å². The maximum atomic E-state index is 12.0. The van der Waals surface area contributed by atoms with Gasteiger partial charge in [0.2, 0.25) is 5.22 Å². The topological polar surface area (TPSA) is 42.2 Å². The highest BCUT2D eigenvalue weighted by Crippen LogP contribution is 2.30. The second kappa shape index (κ2) is 5.13. The lowest BCUT2D eigenvalue weighted by Gasteiger charge is -2.34. The Hall–Kier alpha value is -0.960. The highest BCUT2D eigenvalue weighted by atomic mass is 35.5. The van der Waals surface area contributed by atoms with E-state index in [9.17, 15) is 4.79 Å². The van der Waals surface area contributed by atoms with Crippen molar-refractivity contribution in [1.29, 1.82) is 0 Å². The van der Waals surface area contributed by atoms with Gasteiger partial charge in [-0.1, -0.05) is 26.7 Å². The molecule has 3 unspecified atom stereocenters. The second-order valence-corrected chi connectivity index (χ2v) is 5.30. The van der Waals surface area contributed by atoms with Crippen LogP contribution < -0.4 is 5.32 Å². The highest BCUT2D eigenvalue weighted by Gasteiger charge is 2.29. The van der Waals surface area contributed by atoms with E-state index >= 15 is 0 Å². The Bertz CT molecular complexity index is 402. The molecule has 3 atom stereocenters. The minimum atomic E-state index is -0.130. The normalized spacial score (nSPS) is 29.0. The fraction of sp³-hybridized carbons (Fsp3) is 0.615. The molecule has 0 saturated heterocycles. The third kappa shape index (κ3) is 2.65. The second-order valence-electron chi connectivity index (χ2n) is 4.96. The highest BCUT2D eigenvalue weighted by molar-refractivity contribution is 6.32. The Labute approximate surface area is 107 Å². The van der Waals surface area contributed by atoms with E-state index in [0.717, 1.165) is 6.42 Å². The summed E-state index contributed by atoms with van der Waals surface area (Å²) in [6.07, 6.45) is 4.91. The van der Waals surface area contributed by atoms with Gasteiger partial charge in [-0.3, -0.25) is 4.79 Å². The number of furan rings is 1. The van der Waals surface area contributed by atoms with Crippen molar-refractivity contribution in [3.8, 4) is 0 Å². The van der Waals surface area contributed by atoms with Gasteiger partial charge >= 0.3 is 0 Å². The number of amides is 1. The molecule has 1 heterocycles. The van der Waals surface area contributed by atoms with Crippen LogP contribution >= 0.6 is 11.6 Å². The summed E-state index contributed by atoms with van der Waals surface area (Å²) in [4.78, 5) is 12.0. The van der Waals surface area contributed by atoms with Gasteiger partial charge in [-0.25, -0.2) is 0 Å². The van der Waals surface area contributed by atoms with Crippen molar-refractivity contribution in [2.45, 2.75) is 39.2 Å². The van der Waals surface area contributed by atoms with Gasteiger partial charge in [-0.05, 0) is 35.9 Å². The summed E-state index contributed by atoms with van der Waals surface area (Å²) >= 11 is 5.79. The Morgan fingerprint density at radius 3 is 2.88 bits per heavy atom. The van der Waals surface area contributed by atoms with Crippen molar-refractivity contribution in [1.82, 2.24) is 5.32 Å². The molecule has 1 amide bonds. The molecule has 0 aliphatic heterocycles. The molecule has 1 aliphatic carbocycles. The predicted octanol–water partition coefficient (Wildman–Crippen LogP) is 3.49. The molecule has 3 nitrogen and oxygen atoms in total. The first kappa shape index (κ1) is 12.5. The van der Waals surface area contributed by atoms with Gasteiger partial charge in [0.1, 0.15) is 0 Å². The standard InChI is InChI=1S/C13H18ClNO2/c1-8-4-3-5-11(9(8)2)15-13(16)10-6-7-17-12(10)14/h6-9,11H,3-5H2,1-2H3,(H,15,16). The quantitative estimate of drug-likeness (QED) is 0.879. The SMILES string of the molecule is CC1CCCC(NC(=O)c2ccoc2Cl)C1C. The Kier molecular flexibility index (Phi) is 3.77. The zero-order valence-corrected chi connectivity index (χ0v) is 11.0. The van der Waals surface area contributed by atoms with Crippen LogP contribution in [-0.2, 0) is 0 Å². The number of carbonyl (C=O) groups excluding carboxylic acids is 1. The van der Waals surface area contributed by atoms with Gasteiger partial charge in [0, 0.05) is 6.04 Å². The number of hydrogen-bond donors (Lipinski definition) is 1. The molecule has 1 saturated carbocycles. The van der Waals surface area contributed by atoms with Gasteiger partial charge in [0.25, 0.3) is 5.91 Å². The van der Waals surface area contributed by atoms with Crippen molar-refractivity contribution in [2.75, 3.05) is 0 Å². The van der Waals surface area contributed by atoms with Crippen LogP contribution in [-0.4, -0.2) is 11.9 Å². The lowest BCUT2D eigenvalue weighted by molar-refractivity contribution is 0.0890. The van der Waals surface area contributed by atoms with E-state index in [0.29, 0.717) is 17.4 Å². The van der Waals surface area contributed by atoms with Crippen LogP contribution in [0.2, 0.25) is 5.22 Å². The Morgan fingerprint density at radius 1 is 1.47 bits per heavy atom. The number of carbonyl (C=O) groups is 1. The molecule has 0 bridgehead atoms. The molecule has 1 aromatic rings.